The Morgan fingerprint density at radius 3 is 2.67 bits per heavy atom. The van der Waals surface area contributed by atoms with E-state index in [1.54, 1.807) is 0 Å². The fraction of sp³-hybridized carbons (Fsp3) is 0.429. The van der Waals surface area contributed by atoms with Crippen LogP contribution in [-0.2, 0) is 6.54 Å². The van der Waals surface area contributed by atoms with Crippen molar-refractivity contribution in [2.24, 2.45) is 0 Å². The van der Waals surface area contributed by atoms with Crippen LogP contribution in [-0.4, -0.2) is 32.8 Å². The molecule has 1 atom stereocenters. The van der Waals surface area contributed by atoms with E-state index in [0.717, 1.165) is 13.1 Å². The summed E-state index contributed by atoms with van der Waals surface area (Å²) in [7, 11) is 0. The monoisotopic (exact) mass is 242 g/mol. The molecule has 1 aromatic carbocycles. The zero-order chi connectivity index (χ0) is 12.2. The fourth-order valence-corrected chi connectivity index (χ4v) is 2.66. The predicted molar refractivity (Wildman–Crippen MR) is 70.0 cm³/mol. The SMILES string of the molecule is c1ccc(CN2CCCC(n3cnnc3)C2)cc1. The third kappa shape index (κ3) is 2.59. The number of rotatable bonds is 3. The average Bonchev–Trinajstić information content (AvgIpc) is 2.94. The molecular formula is C14H18N4. The van der Waals surface area contributed by atoms with E-state index < -0.39 is 0 Å². The van der Waals surface area contributed by atoms with Gasteiger partial charge in [-0.3, -0.25) is 4.90 Å². The molecule has 4 nitrogen and oxygen atoms in total. The summed E-state index contributed by atoms with van der Waals surface area (Å²) in [6.07, 6.45) is 6.13. The van der Waals surface area contributed by atoms with E-state index >= 15 is 0 Å². The average molecular weight is 242 g/mol. The smallest absolute Gasteiger partial charge is 0.119 e. The number of piperidine rings is 1. The Hall–Kier alpha value is -1.68. The minimum atomic E-state index is 0.525. The quantitative estimate of drug-likeness (QED) is 0.826. The second kappa shape index (κ2) is 5.31. The number of hydrogen-bond donors (Lipinski definition) is 0. The van der Waals surface area contributed by atoms with E-state index in [1.165, 1.54) is 24.9 Å². The van der Waals surface area contributed by atoms with Gasteiger partial charge in [0.15, 0.2) is 0 Å². The van der Waals surface area contributed by atoms with Crippen molar-refractivity contribution in [3.63, 3.8) is 0 Å². The molecule has 1 saturated heterocycles. The molecule has 2 heterocycles. The molecule has 0 bridgehead atoms. The summed E-state index contributed by atoms with van der Waals surface area (Å²) in [6, 6.07) is 11.2. The van der Waals surface area contributed by atoms with Gasteiger partial charge in [0.25, 0.3) is 0 Å². The summed E-state index contributed by atoms with van der Waals surface area (Å²) in [6.45, 7) is 3.32. The Bertz CT molecular complexity index is 466. The van der Waals surface area contributed by atoms with Crippen molar-refractivity contribution < 1.29 is 0 Å². The van der Waals surface area contributed by atoms with Crippen molar-refractivity contribution in [3.05, 3.63) is 48.5 Å². The molecule has 1 aliphatic rings. The Kier molecular flexibility index (Phi) is 3.37. The van der Waals surface area contributed by atoms with Crippen LogP contribution in [0.5, 0.6) is 0 Å². The lowest BCUT2D eigenvalue weighted by Gasteiger charge is -2.33. The zero-order valence-corrected chi connectivity index (χ0v) is 10.4. The van der Waals surface area contributed by atoms with Crippen molar-refractivity contribution in [1.82, 2.24) is 19.7 Å². The predicted octanol–water partition coefficient (Wildman–Crippen LogP) is 2.12. The molecule has 1 unspecified atom stereocenters. The van der Waals surface area contributed by atoms with Gasteiger partial charge in [0.2, 0.25) is 0 Å². The van der Waals surface area contributed by atoms with Gasteiger partial charge in [-0.15, -0.1) is 10.2 Å². The molecule has 1 fully saturated rings. The highest BCUT2D eigenvalue weighted by molar-refractivity contribution is 5.14. The highest BCUT2D eigenvalue weighted by Gasteiger charge is 2.20. The minimum Gasteiger partial charge on any atom is -0.316 e. The summed E-state index contributed by atoms with van der Waals surface area (Å²) >= 11 is 0. The third-order valence-electron chi connectivity index (χ3n) is 3.59. The molecule has 0 aliphatic carbocycles. The molecule has 0 saturated carbocycles. The van der Waals surface area contributed by atoms with Crippen LogP contribution >= 0.6 is 0 Å². The van der Waals surface area contributed by atoms with Crippen LogP contribution in [0.2, 0.25) is 0 Å². The number of likely N-dealkylation sites (tertiary alicyclic amines) is 1. The molecular weight excluding hydrogens is 224 g/mol. The molecule has 0 spiro atoms. The van der Waals surface area contributed by atoms with E-state index in [4.69, 9.17) is 0 Å². The molecule has 3 rings (SSSR count). The lowest BCUT2D eigenvalue weighted by atomic mass is 10.0. The Morgan fingerprint density at radius 2 is 1.89 bits per heavy atom. The normalized spacial score (nSPS) is 21.0. The molecule has 94 valence electrons. The lowest BCUT2D eigenvalue weighted by Crippen LogP contribution is -2.35. The van der Waals surface area contributed by atoms with Crippen LogP contribution in [0.4, 0.5) is 0 Å². The highest BCUT2D eigenvalue weighted by Crippen LogP contribution is 2.22. The van der Waals surface area contributed by atoms with Crippen molar-refractivity contribution in [1.29, 1.82) is 0 Å². The van der Waals surface area contributed by atoms with Crippen LogP contribution in [0, 0.1) is 0 Å². The van der Waals surface area contributed by atoms with Gasteiger partial charge in [0, 0.05) is 19.1 Å². The second-order valence-electron chi connectivity index (χ2n) is 4.93. The maximum atomic E-state index is 3.90. The van der Waals surface area contributed by atoms with Crippen LogP contribution in [0.15, 0.2) is 43.0 Å². The molecule has 4 heteroatoms. The summed E-state index contributed by atoms with van der Waals surface area (Å²) in [4.78, 5) is 2.52. The van der Waals surface area contributed by atoms with Crippen LogP contribution in [0.25, 0.3) is 0 Å². The summed E-state index contributed by atoms with van der Waals surface area (Å²) in [5.41, 5.74) is 1.39. The van der Waals surface area contributed by atoms with E-state index in [1.807, 2.05) is 12.7 Å². The zero-order valence-electron chi connectivity index (χ0n) is 10.4. The maximum Gasteiger partial charge on any atom is 0.119 e. The van der Waals surface area contributed by atoms with Crippen LogP contribution < -0.4 is 0 Å². The largest absolute Gasteiger partial charge is 0.316 e. The Balaban J connectivity index is 1.64. The van der Waals surface area contributed by atoms with E-state index in [9.17, 15) is 0 Å². The topological polar surface area (TPSA) is 34.0 Å². The van der Waals surface area contributed by atoms with Crippen molar-refractivity contribution in [2.45, 2.75) is 25.4 Å². The number of aromatic nitrogens is 3. The third-order valence-corrected chi connectivity index (χ3v) is 3.59. The van der Waals surface area contributed by atoms with Gasteiger partial charge in [0.05, 0.1) is 0 Å². The molecule has 2 aromatic rings. The Labute approximate surface area is 107 Å². The van der Waals surface area contributed by atoms with E-state index in [0.29, 0.717) is 6.04 Å². The molecule has 1 aliphatic heterocycles. The minimum absolute atomic E-state index is 0.525. The van der Waals surface area contributed by atoms with Crippen LogP contribution in [0.1, 0.15) is 24.4 Å². The fourth-order valence-electron chi connectivity index (χ4n) is 2.66. The molecule has 0 N–H and O–H groups in total. The van der Waals surface area contributed by atoms with E-state index in [2.05, 4.69) is 50.0 Å². The summed E-state index contributed by atoms with van der Waals surface area (Å²) in [5, 5.41) is 7.80. The summed E-state index contributed by atoms with van der Waals surface area (Å²) in [5.74, 6) is 0. The number of hydrogen-bond acceptors (Lipinski definition) is 3. The first kappa shape index (κ1) is 11.4. The molecule has 0 radical (unpaired) electrons. The van der Waals surface area contributed by atoms with Gasteiger partial charge < -0.3 is 4.57 Å². The van der Waals surface area contributed by atoms with Crippen LogP contribution in [0.3, 0.4) is 0 Å². The first-order valence-electron chi connectivity index (χ1n) is 6.52. The number of benzene rings is 1. The van der Waals surface area contributed by atoms with Gasteiger partial charge in [-0.05, 0) is 24.9 Å². The van der Waals surface area contributed by atoms with Crippen molar-refractivity contribution >= 4 is 0 Å². The van der Waals surface area contributed by atoms with Gasteiger partial charge in [-0.25, -0.2) is 0 Å². The van der Waals surface area contributed by atoms with Gasteiger partial charge in [-0.2, -0.15) is 0 Å². The summed E-state index contributed by atoms with van der Waals surface area (Å²) < 4.78 is 2.14. The van der Waals surface area contributed by atoms with Crippen molar-refractivity contribution in [2.75, 3.05) is 13.1 Å². The van der Waals surface area contributed by atoms with Gasteiger partial charge in [0.1, 0.15) is 12.7 Å². The molecule has 1 aromatic heterocycles. The Morgan fingerprint density at radius 1 is 1.11 bits per heavy atom. The molecule has 18 heavy (non-hydrogen) atoms. The van der Waals surface area contributed by atoms with Gasteiger partial charge >= 0.3 is 0 Å². The van der Waals surface area contributed by atoms with Gasteiger partial charge in [-0.1, -0.05) is 30.3 Å². The highest BCUT2D eigenvalue weighted by atomic mass is 15.3. The first-order valence-corrected chi connectivity index (χ1v) is 6.52. The van der Waals surface area contributed by atoms with Crippen molar-refractivity contribution in [3.8, 4) is 0 Å². The first-order chi connectivity index (χ1) is 8.92. The lowest BCUT2D eigenvalue weighted by molar-refractivity contribution is 0.170. The maximum absolute atomic E-state index is 3.90. The van der Waals surface area contributed by atoms with E-state index in [-0.39, 0.29) is 0 Å². The second-order valence-corrected chi connectivity index (χ2v) is 4.93. The molecule has 0 amide bonds. The number of nitrogens with zero attached hydrogens (tertiary/aromatic N) is 4. The standard InChI is InChI=1S/C14H18N4/c1-2-5-13(6-3-1)9-17-8-4-7-14(10-17)18-11-15-16-12-18/h1-3,5-6,11-12,14H,4,7-10H2.